The number of carbonyl (C=O) groups is 1. The van der Waals surface area contributed by atoms with Gasteiger partial charge in [0, 0.05) is 55.4 Å². The Hall–Kier alpha value is -3.59. The molecule has 3 aromatic heterocycles. The number of H-pyrrole nitrogens is 1. The molecule has 4 aromatic rings. The standard InChI is InChI=1S/C24H25ClN8O/c25-24(28-22(34)17-5-2-1-3-6-17)10-13-32(14-11-24)23-27-21(19-7-4-12-33(19)31-23)26-20-15-18(29-30-20)16-8-9-16/h1-7,12,15-16H,8-11,13-14H2,(H,28,34)(H2,26,27,29,30,31). The molecule has 1 aliphatic carbocycles. The Morgan fingerprint density at radius 2 is 1.91 bits per heavy atom. The summed E-state index contributed by atoms with van der Waals surface area (Å²) >= 11 is 6.79. The van der Waals surface area contributed by atoms with Gasteiger partial charge in [0.25, 0.3) is 5.91 Å². The summed E-state index contributed by atoms with van der Waals surface area (Å²) in [5, 5.41) is 18.6. The van der Waals surface area contributed by atoms with Gasteiger partial charge in [0.2, 0.25) is 5.95 Å². The van der Waals surface area contributed by atoms with Crippen molar-refractivity contribution in [3.8, 4) is 0 Å². The SMILES string of the molecule is O=C(NC1(Cl)CCN(c2nc(Nc3cc(C4CC4)[nH]n3)c3cccn3n2)CC1)c1ccccc1. The van der Waals surface area contributed by atoms with Crippen molar-refractivity contribution in [2.24, 2.45) is 0 Å². The van der Waals surface area contributed by atoms with Gasteiger partial charge in [0.15, 0.2) is 11.6 Å². The number of aromatic amines is 1. The Morgan fingerprint density at radius 1 is 1.12 bits per heavy atom. The second-order valence-electron chi connectivity index (χ2n) is 8.98. The highest BCUT2D eigenvalue weighted by atomic mass is 35.5. The Bertz CT molecular complexity index is 1320. The monoisotopic (exact) mass is 476 g/mol. The molecule has 0 unspecified atom stereocenters. The zero-order valence-electron chi connectivity index (χ0n) is 18.5. The Labute approximate surface area is 201 Å². The van der Waals surface area contributed by atoms with Crippen LogP contribution >= 0.6 is 11.6 Å². The highest BCUT2D eigenvalue weighted by Crippen LogP contribution is 2.39. The first-order chi connectivity index (χ1) is 16.6. The lowest BCUT2D eigenvalue weighted by Crippen LogP contribution is -2.52. The van der Waals surface area contributed by atoms with Crippen LogP contribution in [0.3, 0.4) is 0 Å². The zero-order valence-corrected chi connectivity index (χ0v) is 19.3. The fourth-order valence-corrected chi connectivity index (χ4v) is 4.58. The van der Waals surface area contributed by atoms with Gasteiger partial charge in [-0.25, -0.2) is 4.52 Å². The predicted molar refractivity (Wildman–Crippen MR) is 131 cm³/mol. The Kier molecular flexibility index (Phi) is 5.13. The van der Waals surface area contributed by atoms with Crippen molar-refractivity contribution < 1.29 is 4.79 Å². The Morgan fingerprint density at radius 3 is 2.68 bits per heavy atom. The largest absolute Gasteiger partial charge is 0.339 e. The molecule has 9 nitrogen and oxygen atoms in total. The maximum Gasteiger partial charge on any atom is 0.252 e. The summed E-state index contributed by atoms with van der Waals surface area (Å²) in [6, 6.07) is 15.1. The van der Waals surface area contributed by atoms with E-state index in [-0.39, 0.29) is 5.91 Å². The van der Waals surface area contributed by atoms with Crippen LogP contribution in [0.4, 0.5) is 17.6 Å². The molecule has 0 radical (unpaired) electrons. The van der Waals surface area contributed by atoms with Crippen molar-refractivity contribution in [3.63, 3.8) is 0 Å². The highest BCUT2D eigenvalue weighted by Gasteiger charge is 2.35. The number of fused-ring (bicyclic) bond motifs is 1. The van der Waals surface area contributed by atoms with Crippen LogP contribution in [-0.4, -0.2) is 48.8 Å². The number of carbonyl (C=O) groups excluding carboxylic acids is 1. The second-order valence-corrected chi connectivity index (χ2v) is 9.70. The molecule has 4 heterocycles. The van der Waals surface area contributed by atoms with Crippen molar-refractivity contribution in [1.29, 1.82) is 0 Å². The molecule has 1 aliphatic heterocycles. The average molecular weight is 477 g/mol. The molecule has 1 amide bonds. The third-order valence-electron chi connectivity index (χ3n) is 6.45. The van der Waals surface area contributed by atoms with Gasteiger partial charge in [-0.15, -0.1) is 5.10 Å². The topological polar surface area (TPSA) is 103 Å². The maximum atomic E-state index is 12.6. The van der Waals surface area contributed by atoms with Gasteiger partial charge in [-0.3, -0.25) is 9.89 Å². The lowest BCUT2D eigenvalue weighted by molar-refractivity contribution is 0.0919. The average Bonchev–Trinajstić information content (AvgIpc) is 3.40. The van der Waals surface area contributed by atoms with Crippen LogP contribution in [0, 0.1) is 0 Å². The number of anilines is 3. The molecule has 1 saturated heterocycles. The fourth-order valence-electron chi connectivity index (χ4n) is 4.33. The first-order valence-electron chi connectivity index (χ1n) is 11.6. The van der Waals surface area contributed by atoms with E-state index in [2.05, 4.69) is 31.8 Å². The van der Waals surface area contributed by atoms with Gasteiger partial charge in [0.1, 0.15) is 10.5 Å². The molecule has 6 rings (SSSR count). The molecule has 174 valence electrons. The van der Waals surface area contributed by atoms with Crippen LogP contribution in [0.1, 0.15) is 47.7 Å². The molecular formula is C24H25ClN8O. The van der Waals surface area contributed by atoms with Crippen LogP contribution in [0.5, 0.6) is 0 Å². The normalized spacial score (nSPS) is 17.6. The molecule has 3 N–H and O–H groups in total. The number of nitrogens with zero attached hydrogens (tertiary/aromatic N) is 5. The van der Waals surface area contributed by atoms with E-state index in [1.54, 1.807) is 12.1 Å². The van der Waals surface area contributed by atoms with E-state index >= 15 is 0 Å². The number of halogens is 1. The van der Waals surface area contributed by atoms with E-state index in [1.807, 2.05) is 41.0 Å². The molecule has 0 spiro atoms. The first kappa shape index (κ1) is 21.0. The van der Waals surface area contributed by atoms with Crippen molar-refractivity contribution in [3.05, 3.63) is 66.0 Å². The quantitative estimate of drug-likeness (QED) is 0.286. The van der Waals surface area contributed by atoms with Gasteiger partial charge < -0.3 is 15.5 Å². The molecule has 0 bridgehead atoms. The van der Waals surface area contributed by atoms with Crippen LogP contribution in [0.15, 0.2) is 54.7 Å². The van der Waals surface area contributed by atoms with E-state index in [0.29, 0.717) is 49.2 Å². The van der Waals surface area contributed by atoms with Crippen molar-refractivity contribution in [1.82, 2.24) is 30.1 Å². The number of hydrogen-bond donors (Lipinski definition) is 3. The molecular weight excluding hydrogens is 452 g/mol. The zero-order chi connectivity index (χ0) is 23.1. The molecule has 34 heavy (non-hydrogen) atoms. The van der Waals surface area contributed by atoms with Crippen molar-refractivity contribution in [2.75, 3.05) is 23.3 Å². The van der Waals surface area contributed by atoms with E-state index in [1.165, 1.54) is 12.8 Å². The lowest BCUT2D eigenvalue weighted by atomic mass is 10.0. The van der Waals surface area contributed by atoms with E-state index in [0.717, 1.165) is 17.0 Å². The molecule has 2 fully saturated rings. The summed E-state index contributed by atoms with van der Waals surface area (Å²) in [4.78, 5) is 18.7. The number of amides is 1. The number of alkyl halides is 1. The molecule has 2 aliphatic rings. The highest BCUT2D eigenvalue weighted by molar-refractivity contribution is 6.25. The molecule has 0 atom stereocenters. The summed E-state index contributed by atoms with van der Waals surface area (Å²) in [6.45, 7) is 1.25. The number of rotatable bonds is 6. The first-order valence-corrected chi connectivity index (χ1v) is 11.9. The van der Waals surface area contributed by atoms with Crippen LogP contribution in [0.2, 0.25) is 0 Å². The summed E-state index contributed by atoms with van der Waals surface area (Å²) in [7, 11) is 0. The van der Waals surface area contributed by atoms with Crippen molar-refractivity contribution in [2.45, 2.75) is 36.6 Å². The summed E-state index contributed by atoms with van der Waals surface area (Å²) in [5.74, 6) is 2.49. The van der Waals surface area contributed by atoms with Crippen LogP contribution in [0.25, 0.3) is 5.52 Å². The van der Waals surface area contributed by atoms with Crippen LogP contribution in [-0.2, 0) is 0 Å². The third kappa shape index (κ3) is 4.19. The number of aromatic nitrogens is 5. The smallest absolute Gasteiger partial charge is 0.252 e. The third-order valence-corrected chi connectivity index (χ3v) is 6.93. The van der Waals surface area contributed by atoms with Gasteiger partial charge in [-0.05, 0) is 37.1 Å². The van der Waals surface area contributed by atoms with E-state index in [9.17, 15) is 4.79 Å². The summed E-state index contributed by atoms with van der Waals surface area (Å²) in [5.41, 5.74) is 2.64. The second kappa shape index (κ2) is 8.32. The number of nitrogens with one attached hydrogen (secondary N) is 3. The molecule has 10 heteroatoms. The van der Waals surface area contributed by atoms with Crippen LogP contribution < -0.4 is 15.5 Å². The minimum Gasteiger partial charge on any atom is -0.339 e. The van der Waals surface area contributed by atoms with Crippen molar-refractivity contribution >= 4 is 40.6 Å². The number of hydrogen-bond acceptors (Lipinski definition) is 6. The maximum absolute atomic E-state index is 12.6. The fraction of sp³-hybridized carbons (Fsp3) is 0.333. The minimum atomic E-state index is -0.795. The van der Waals surface area contributed by atoms with Gasteiger partial charge in [0.05, 0.1) is 0 Å². The lowest BCUT2D eigenvalue weighted by Gasteiger charge is -2.38. The summed E-state index contributed by atoms with van der Waals surface area (Å²) < 4.78 is 1.82. The van der Waals surface area contributed by atoms with Gasteiger partial charge >= 0.3 is 0 Å². The van der Waals surface area contributed by atoms with Gasteiger partial charge in [-0.2, -0.15) is 10.1 Å². The predicted octanol–water partition coefficient (Wildman–Crippen LogP) is 4.04. The number of piperidine rings is 1. The van der Waals surface area contributed by atoms with Gasteiger partial charge in [-0.1, -0.05) is 29.8 Å². The minimum absolute atomic E-state index is 0.162. The van der Waals surface area contributed by atoms with E-state index < -0.39 is 5.00 Å². The molecule has 1 aromatic carbocycles. The Balaban J connectivity index is 1.18. The number of benzene rings is 1. The summed E-state index contributed by atoms with van der Waals surface area (Å²) in [6.07, 6.45) is 5.48. The molecule has 1 saturated carbocycles. The van der Waals surface area contributed by atoms with E-state index in [4.69, 9.17) is 21.7 Å².